The topological polar surface area (TPSA) is 57.2 Å². The minimum Gasteiger partial charge on any atom is -0.748 e. The normalized spacial score (nSPS) is 10.9. The minimum atomic E-state index is -4.01. The molecule has 0 fully saturated rings. The molecule has 3 nitrogen and oxygen atoms in total. The van der Waals surface area contributed by atoms with Crippen LogP contribution in [0, 0.1) is 0 Å². The molecule has 18 heavy (non-hydrogen) atoms. The van der Waals surface area contributed by atoms with Gasteiger partial charge in [0.2, 0.25) is 0 Å². The maximum atomic E-state index is 10.3. The van der Waals surface area contributed by atoms with Crippen molar-refractivity contribution in [2.24, 2.45) is 0 Å². The summed E-state index contributed by atoms with van der Waals surface area (Å²) in [7, 11) is -4.01. The van der Waals surface area contributed by atoms with Crippen LogP contribution < -0.4 is 29.6 Å². The molecule has 0 heterocycles. The van der Waals surface area contributed by atoms with Crippen LogP contribution >= 0.6 is 0 Å². The van der Waals surface area contributed by atoms with Crippen LogP contribution in [0.5, 0.6) is 0 Å². The Morgan fingerprint density at radius 2 is 1.44 bits per heavy atom. The molecule has 0 saturated heterocycles. The van der Waals surface area contributed by atoms with Gasteiger partial charge in [-0.2, -0.15) is 0 Å². The molecule has 5 heteroatoms. The summed E-state index contributed by atoms with van der Waals surface area (Å²) in [5.41, 5.74) is 1.34. The Balaban J connectivity index is 0.00000289. The van der Waals surface area contributed by atoms with Gasteiger partial charge >= 0.3 is 29.6 Å². The third-order valence-corrected chi connectivity index (χ3v) is 3.49. The van der Waals surface area contributed by atoms with Crippen molar-refractivity contribution >= 4 is 10.1 Å². The van der Waals surface area contributed by atoms with Gasteiger partial charge in [-0.15, -0.1) is 0 Å². The summed E-state index contributed by atoms with van der Waals surface area (Å²) in [5, 5.41) is 0. The zero-order valence-corrected chi connectivity index (χ0v) is 13.8. The van der Waals surface area contributed by atoms with Crippen LogP contribution in [0.1, 0.15) is 37.7 Å². The average molecular weight is 278 g/mol. The van der Waals surface area contributed by atoms with Gasteiger partial charge in [0.25, 0.3) is 0 Å². The van der Waals surface area contributed by atoms with Gasteiger partial charge in [-0.25, -0.2) is 8.42 Å². The van der Waals surface area contributed by atoms with Crippen LogP contribution in [-0.2, 0) is 16.5 Å². The fourth-order valence-electron chi connectivity index (χ4n) is 1.78. The van der Waals surface area contributed by atoms with E-state index in [1.54, 1.807) is 0 Å². The first kappa shape index (κ1) is 18.1. The first-order valence-electron chi connectivity index (χ1n) is 6.05. The zero-order chi connectivity index (χ0) is 12.6. The van der Waals surface area contributed by atoms with E-state index in [0.29, 0.717) is 6.42 Å². The van der Waals surface area contributed by atoms with Gasteiger partial charge in [0.1, 0.15) is 0 Å². The van der Waals surface area contributed by atoms with Crippen LogP contribution in [0.2, 0.25) is 0 Å². The Morgan fingerprint density at radius 1 is 0.889 bits per heavy atom. The maximum Gasteiger partial charge on any atom is 1.00 e. The van der Waals surface area contributed by atoms with Crippen LogP contribution in [0.25, 0.3) is 0 Å². The largest absolute Gasteiger partial charge is 1.00 e. The summed E-state index contributed by atoms with van der Waals surface area (Å²) < 4.78 is 31.0. The minimum absolute atomic E-state index is 0. The summed E-state index contributed by atoms with van der Waals surface area (Å²) in [6, 6.07) is 10.3. The third kappa shape index (κ3) is 10.1. The van der Waals surface area contributed by atoms with E-state index in [1.807, 2.05) is 18.2 Å². The molecule has 0 spiro atoms. The number of unbranched alkanes of at least 4 members (excludes halogenated alkanes) is 4. The molecule has 0 amide bonds. The van der Waals surface area contributed by atoms with E-state index in [4.69, 9.17) is 0 Å². The van der Waals surface area contributed by atoms with Crippen LogP contribution in [0.4, 0.5) is 0 Å². The van der Waals surface area contributed by atoms with Crippen molar-refractivity contribution in [1.82, 2.24) is 0 Å². The number of hydrogen-bond acceptors (Lipinski definition) is 3. The van der Waals surface area contributed by atoms with E-state index in [0.717, 1.165) is 32.1 Å². The Bertz CT molecular complexity index is 404. The zero-order valence-electron chi connectivity index (χ0n) is 11.0. The van der Waals surface area contributed by atoms with Crippen molar-refractivity contribution in [2.45, 2.75) is 38.5 Å². The molecule has 0 aromatic heterocycles. The van der Waals surface area contributed by atoms with Gasteiger partial charge in [0.15, 0.2) is 0 Å². The molecule has 0 radical (unpaired) electrons. The van der Waals surface area contributed by atoms with Crippen molar-refractivity contribution in [3.05, 3.63) is 35.9 Å². The van der Waals surface area contributed by atoms with Gasteiger partial charge < -0.3 is 4.55 Å². The molecule has 1 aromatic rings. The van der Waals surface area contributed by atoms with Crippen LogP contribution in [-0.4, -0.2) is 18.7 Å². The molecule has 0 saturated carbocycles. The summed E-state index contributed by atoms with van der Waals surface area (Å²) in [5.74, 6) is -0.217. The standard InChI is InChI=1S/C13H20O3S.Na/c14-17(15,16)12-8-3-1-2-5-9-13-10-6-4-7-11-13;/h4,6-7,10-11H,1-3,5,8-9,12H2,(H,14,15,16);/q;+1/p-1. The van der Waals surface area contributed by atoms with Crippen molar-refractivity contribution < 1.29 is 42.5 Å². The van der Waals surface area contributed by atoms with Gasteiger partial charge in [-0.1, -0.05) is 49.6 Å². The van der Waals surface area contributed by atoms with Crippen molar-refractivity contribution in [1.29, 1.82) is 0 Å². The fraction of sp³-hybridized carbons (Fsp3) is 0.538. The van der Waals surface area contributed by atoms with Gasteiger partial charge in [0, 0.05) is 5.75 Å². The molecule has 0 aliphatic carbocycles. The molecular weight excluding hydrogens is 259 g/mol. The first-order valence-corrected chi connectivity index (χ1v) is 7.63. The number of hydrogen-bond donors (Lipinski definition) is 0. The smallest absolute Gasteiger partial charge is 0.748 e. The molecule has 0 aliphatic rings. The monoisotopic (exact) mass is 278 g/mol. The summed E-state index contributed by atoms with van der Waals surface area (Å²) in [6.45, 7) is 0. The fourth-order valence-corrected chi connectivity index (χ4v) is 2.34. The summed E-state index contributed by atoms with van der Waals surface area (Å²) in [4.78, 5) is 0. The first-order chi connectivity index (χ1) is 8.08. The quantitative estimate of drug-likeness (QED) is 0.374. The average Bonchev–Trinajstić information content (AvgIpc) is 2.28. The van der Waals surface area contributed by atoms with Gasteiger partial charge in [0.05, 0.1) is 10.1 Å². The number of rotatable bonds is 8. The second-order valence-corrected chi connectivity index (χ2v) is 5.79. The molecule has 0 unspecified atom stereocenters. The van der Waals surface area contributed by atoms with E-state index in [1.165, 1.54) is 5.56 Å². The van der Waals surface area contributed by atoms with E-state index in [2.05, 4.69) is 12.1 Å². The van der Waals surface area contributed by atoms with E-state index in [-0.39, 0.29) is 35.3 Å². The van der Waals surface area contributed by atoms with Crippen molar-refractivity contribution in [3.8, 4) is 0 Å². The van der Waals surface area contributed by atoms with Gasteiger partial charge in [-0.05, 0) is 24.8 Å². The second kappa shape index (κ2) is 9.98. The van der Waals surface area contributed by atoms with Crippen molar-refractivity contribution in [2.75, 3.05) is 5.75 Å². The van der Waals surface area contributed by atoms with Crippen LogP contribution in [0.3, 0.4) is 0 Å². The molecule has 0 atom stereocenters. The van der Waals surface area contributed by atoms with Crippen molar-refractivity contribution in [3.63, 3.8) is 0 Å². The second-order valence-electron chi connectivity index (χ2n) is 4.27. The molecule has 0 N–H and O–H groups in total. The Kier molecular flexibility index (Phi) is 10.1. The predicted molar refractivity (Wildman–Crippen MR) is 67.8 cm³/mol. The number of benzene rings is 1. The Labute approximate surface area is 132 Å². The maximum absolute atomic E-state index is 10.3. The molecule has 1 aromatic carbocycles. The third-order valence-electron chi connectivity index (χ3n) is 2.70. The SMILES string of the molecule is O=S(=O)([O-])CCCCCCCc1ccccc1.[Na+]. The number of aryl methyl sites for hydroxylation is 1. The van der Waals surface area contributed by atoms with E-state index < -0.39 is 10.1 Å². The summed E-state index contributed by atoms with van der Waals surface area (Å²) >= 11 is 0. The predicted octanol–water partition coefficient (Wildman–Crippen LogP) is -0.271. The van der Waals surface area contributed by atoms with E-state index in [9.17, 15) is 13.0 Å². The Morgan fingerprint density at radius 3 is 2.06 bits per heavy atom. The molecule has 96 valence electrons. The summed E-state index contributed by atoms with van der Waals surface area (Å²) in [6.07, 6.45) is 5.61. The molecule has 0 aliphatic heterocycles. The molecule has 0 bridgehead atoms. The molecule has 1 rings (SSSR count). The Hall–Kier alpha value is 0.130. The van der Waals surface area contributed by atoms with Gasteiger partial charge in [-0.3, -0.25) is 0 Å². The van der Waals surface area contributed by atoms with E-state index >= 15 is 0 Å². The molecular formula is C13H19NaO3S. The van der Waals surface area contributed by atoms with Crippen LogP contribution in [0.15, 0.2) is 30.3 Å².